The molecule has 3 amide bonds. The first-order valence-corrected chi connectivity index (χ1v) is 9.30. The summed E-state index contributed by atoms with van der Waals surface area (Å²) in [4.78, 5) is 25.9. The van der Waals surface area contributed by atoms with Gasteiger partial charge in [-0.25, -0.2) is 4.79 Å². The fourth-order valence-electron chi connectivity index (χ4n) is 2.83. The summed E-state index contributed by atoms with van der Waals surface area (Å²) in [5.74, 6) is 0.625. The number of nitrogens with zero attached hydrogens (tertiary/aromatic N) is 1. The van der Waals surface area contributed by atoms with Gasteiger partial charge in [0.05, 0.1) is 6.10 Å². The van der Waals surface area contributed by atoms with E-state index in [9.17, 15) is 9.59 Å². The maximum Gasteiger partial charge on any atom is 0.315 e. The van der Waals surface area contributed by atoms with E-state index in [1.54, 1.807) is 18.9 Å². The first kappa shape index (κ1) is 20.6. The van der Waals surface area contributed by atoms with Crippen molar-refractivity contribution in [3.63, 3.8) is 0 Å². The first-order valence-electron chi connectivity index (χ1n) is 9.30. The van der Waals surface area contributed by atoms with Crippen molar-refractivity contribution in [2.45, 2.75) is 46.4 Å². The van der Waals surface area contributed by atoms with Gasteiger partial charge in [0.2, 0.25) is 5.91 Å². The van der Waals surface area contributed by atoms with E-state index in [1.807, 2.05) is 57.2 Å². The number of rotatable bonds is 7. The molecule has 0 fully saturated rings. The number of hydrogen-bond acceptors (Lipinski definition) is 3. The van der Waals surface area contributed by atoms with Crippen molar-refractivity contribution in [1.29, 1.82) is 0 Å². The van der Waals surface area contributed by atoms with Gasteiger partial charge in [0, 0.05) is 25.7 Å². The Kier molecular flexibility index (Phi) is 7.05. The Morgan fingerprint density at radius 3 is 2.48 bits per heavy atom. The Labute approximate surface area is 160 Å². The highest BCUT2D eigenvalue weighted by molar-refractivity contribution is 5.89. The van der Waals surface area contributed by atoms with Gasteiger partial charge < -0.3 is 20.3 Å². The second kappa shape index (κ2) is 9.26. The number of carbonyl (C=O) groups excluding carboxylic acids is 2. The number of benzene rings is 2. The average molecular weight is 371 g/mol. The summed E-state index contributed by atoms with van der Waals surface area (Å²) in [6.45, 7) is 8.41. The van der Waals surface area contributed by atoms with Crippen LogP contribution in [0.15, 0.2) is 36.4 Å². The Morgan fingerprint density at radius 1 is 1.11 bits per heavy atom. The van der Waals surface area contributed by atoms with Crippen LogP contribution in [0.3, 0.4) is 0 Å². The fraction of sp³-hybridized carbons (Fsp3) is 0.429. The van der Waals surface area contributed by atoms with Crippen LogP contribution in [0.5, 0.6) is 5.75 Å². The van der Waals surface area contributed by atoms with Crippen molar-refractivity contribution in [1.82, 2.24) is 15.5 Å². The van der Waals surface area contributed by atoms with Crippen LogP contribution < -0.4 is 15.4 Å². The molecule has 0 heterocycles. The Hall–Kier alpha value is -2.76. The molecule has 0 radical (unpaired) electrons. The van der Waals surface area contributed by atoms with Crippen molar-refractivity contribution >= 4 is 22.7 Å². The van der Waals surface area contributed by atoms with E-state index in [0.717, 1.165) is 22.1 Å². The summed E-state index contributed by atoms with van der Waals surface area (Å²) in [6.07, 6.45) is 0.0287. The van der Waals surface area contributed by atoms with Gasteiger partial charge in [0.1, 0.15) is 11.8 Å². The van der Waals surface area contributed by atoms with Crippen LogP contribution in [-0.2, 0) is 11.3 Å². The smallest absolute Gasteiger partial charge is 0.315 e. The Morgan fingerprint density at radius 2 is 1.81 bits per heavy atom. The van der Waals surface area contributed by atoms with E-state index >= 15 is 0 Å². The predicted molar refractivity (Wildman–Crippen MR) is 108 cm³/mol. The molecular formula is C21H29N3O3. The van der Waals surface area contributed by atoms with Crippen LogP contribution in [0.1, 0.15) is 33.3 Å². The lowest BCUT2D eigenvalue weighted by Gasteiger charge is -2.21. The van der Waals surface area contributed by atoms with Gasteiger partial charge in [0.25, 0.3) is 0 Å². The number of nitrogens with one attached hydrogen (secondary N) is 2. The summed E-state index contributed by atoms with van der Waals surface area (Å²) < 4.78 is 5.92. The zero-order valence-electron chi connectivity index (χ0n) is 16.7. The molecule has 0 aliphatic carbocycles. The maximum atomic E-state index is 12.3. The lowest BCUT2D eigenvalue weighted by molar-refractivity contribution is -0.131. The number of hydrogen-bond donors (Lipinski definition) is 2. The first-order chi connectivity index (χ1) is 12.8. The number of carbonyl (C=O) groups is 2. The lowest BCUT2D eigenvalue weighted by atomic mass is 10.0. The second-order valence-corrected chi connectivity index (χ2v) is 6.83. The molecule has 0 spiro atoms. The molecule has 2 aromatic carbocycles. The molecule has 2 rings (SSSR count). The van der Waals surface area contributed by atoms with Crippen LogP contribution in [-0.4, -0.2) is 42.6 Å². The summed E-state index contributed by atoms with van der Waals surface area (Å²) in [5, 5.41) is 7.65. The van der Waals surface area contributed by atoms with E-state index in [1.165, 1.54) is 0 Å². The average Bonchev–Trinajstić information content (AvgIpc) is 2.65. The van der Waals surface area contributed by atoms with Crippen LogP contribution in [0.2, 0.25) is 0 Å². The minimum atomic E-state index is -0.589. The molecule has 6 heteroatoms. The predicted octanol–water partition coefficient (Wildman–Crippen LogP) is 3.29. The van der Waals surface area contributed by atoms with E-state index in [-0.39, 0.29) is 18.0 Å². The monoisotopic (exact) mass is 371 g/mol. The molecule has 0 saturated heterocycles. The van der Waals surface area contributed by atoms with Crippen LogP contribution in [0, 0.1) is 0 Å². The SMILES string of the molecule is CCN(C)C(=O)[C@@H](C)NC(=O)NCc1c(OC(C)C)ccc2ccccc12. The molecule has 0 bridgehead atoms. The zero-order valence-corrected chi connectivity index (χ0v) is 16.7. The highest BCUT2D eigenvalue weighted by atomic mass is 16.5. The molecule has 6 nitrogen and oxygen atoms in total. The molecular weight excluding hydrogens is 342 g/mol. The topological polar surface area (TPSA) is 70.7 Å². The standard InChI is InChI=1S/C21H29N3O3/c1-6-24(5)20(25)15(4)23-21(26)22-13-18-17-10-8-7-9-16(17)11-12-19(18)27-14(2)3/h7-12,14-15H,6,13H2,1-5H3,(H2,22,23,26)/t15-/m1/s1. The highest BCUT2D eigenvalue weighted by Crippen LogP contribution is 2.28. The third-order valence-electron chi connectivity index (χ3n) is 4.35. The largest absolute Gasteiger partial charge is 0.491 e. The van der Waals surface area contributed by atoms with Crippen molar-refractivity contribution in [2.24, 2.45) is 0 Å². The Balaban J connectivity index is 2.13. The summed E-state index contributed by atoms with van der Waals surface area (Å²) in [7, 11) is 1.71. The number of ether oxygens (including phenoxy) is 1. The molecule has 1 atom stereocenters. The van der Waals surface area contributed by atoms with Gasteiger partial charge in [-0.15, -0.1) is 0 Å². The third kappa shape index (κ3) is 5.36. The summed E-state index contributed by atoms with van der Waals surface area (Å²) >= 11 is 0. The van der Waals surface area contributed by atoms with Crippen LogP contribution in [0.25, 0.3) is 10.8 Å². The van der Waals surface area contributed by atoms with Crippen LogP contribution >= 0.6 is 0 Å². The molecule has 0 aromatic heterocycles. The van der Waals surface area contributed by atoms with Gasteiger partial charge in [-0.3, -0.25) is 4.79 Å². The van der Waals surface area contributed by atoms with E-state index in [4.69, 9.17) is 4.74 Å². The molecule has 146 valence electrons. The fourth-order valence-corrected chi connectivity index (χ4v) is 2.83. The van der Waals surface area contributed by atoms with Gasteiger partial charge in [-0.2, -0.15) is 0 Å². The van der Waals surface area contributed by atoms with Crippen molar-refractivity contribution < 1.29 is 14.3 Å². The normalized spacial score (nSPS) is 11.9. The quantitative estimate of drug-likeness (QED) is 0.785. The molecule has 0 aliphatic rings. The van der Waals surface area contributed by atoms with Gasteiger partial charge in [-0.1, -0.05) is 30.3 Å². The van der Waals surface area contributed by atoms with Gasteiger partial charge in [-0.05, 0) is 44.5 Å². The number of urea groups is 1. The van der Waals surface area contributed by atoms with Crippen molar-refractivity contribution in [3.8, 4) is 5.75 Å². The minimum absolute atomic E-state index is 0.0287. The van der Waals surface area contributed by atoms with E-state index < -0.39 is 6.04 Å². The molecule has 0 aliphatic heterocycles. The Bertz CT molecular complexity index is 804. The third-order valence-corrected chi connectivity index (χ3v) is 4.35. The van der Waals surface area contributed by atoms with Gasteiger partial charge in [0.15, 0.2) is 0 Å². The maximum absolute atomic E-state index is 12.3. The van der Waals surface area contributed by atoms with Gasteiger partial charge >= 0.3 is 6.03 Å². The zero-order chi connectivity index (χ0) is 20.0. The summed E-state index contributed by atoms with van der Waals surface area (Å²) in [6, 6.07) is 11.0. The van der Waals surface area contributed by atoms with Crippen molar-refractivity contribution in [3.05, 3.63) is 42.0 Å². The molecule has 2 N–H and O–H groups in total. The molecule has 27 heavy (non-hydrogen) atoms. The number of amides is 3. The highest BCUT2D eigenvalue weighted by Gasteiger charge is 2.19. The summed E-state index contributed by atoms with van der Waals surface area (Å²) in [5.41, 5.74) is 0.918. The molecule has 0 unspecified atom stereocenters. The second-order valence-electron chi connectivity index (χ2n) is 6.83. The molecule has 0 saturated carbocycles. The van der Waals surface area contributed by atoms with E-state index in [2.05, 4.69) is 10.6 Å². The number of fused-ring (bicyclic) bond motifs is 1. The van der Waals surface area contributed by atoms with E-state index in [0.29, 0.717) is 13.1 Å². The molecule has 2 aromatic rings. The lowest BCUT2D eigenvalue weighted by Crippen LogP contribution is -2.48. The minimum Gasteiger partial charge on any atom is -0.491 e. The number of likely N-dealkylation sites (N-methyl/N-ethyl adjacent to an activating group) is 1. The van der Waals surface area contributed by atoms with Crippen molar-refractivity contribution in [2.75, 3.05) is 13.6 Å². The van der Waals surface area contributed by atoms with Crippen LogP contribution in [0.4, 0.5) is 4.79 Å².